The number of benzene rings is 7. The van der Waals surface area contributed by atoms with Crippen LogP contribution < -0.4 is 24.6 Å². The Kier molecular flexibility index (Phi) is 14.6. The first-order chi connectivity index (χ1) is 38.6. The summed E-state index contributed by atoms with van der Waals surface area (Å²) in [6, 6.07) is 46.9. The van der Waals surface area contributed by atoms with Gasteiger partial charge in [-0.2, -0.15) is 0 Å². The number of hydrogen-bond donors (Lipinski definition) is 2. The van der Waals surface area contributed by atoms with Crippen LogP contribution in [0.5, 0.6) is 11.5 Å². The van der Waals surface area contributed by atoms with E-state index in [0.29, 0.717) is 76.9 Å². The van der Waals surface area contributed by atoms with E-state index in [-0.39, 0.29) is 36.8 Å². The van der Waals surface area contributed by atoms with Crippen LogP contribution in [0.25, 0.3) is 0 Å². The molecule has 4 aliphatic heterocycles. The van der Waals surface area contributed by atoms with Crippen LogP contribution in [0.15, 0.2) is 176 Å². The number of anilines is 3. The summed E-state index contributed by atoms with van der Waals surface area (Å²) in [6.07, 6.45) is -2.08. The number of nitrogens with one attached hydrogen (secondary N) is 1. The van der Waals surface area contributed by atoms with Gasteiger partial charge in [-0.1, -0.05) is 84.6 Å². The number of imide groups is 1. The van der Waals surface area contributed by atoms with Gasteiger partial charge < -0.3 is 39.0 Å². The molecule has 4 heterocycles. The molecular formula is C62H53N5O12. The van der Waals surface area contributed by atoms with Crippen LogP contribution in [0.1, 0.15) is 57.1 Å². The van der Waals surface area contributed by atoms with Gasteiger partial charge in [-0.25, -0.2) is 9.69 Å². The Balaban J connectivity index is 1.14. The maximum absolute atomic E-state index is 16.8. The van der Waals surface area contributed by atoms with Gasteiger partial charge in [-0.15, -0.1) is 0 Å². The van der Waals surface area contributed by atoms with Crippen LogP contribution in [-0.4, -0.2) is 91.5 Å². The molecule has 3 fully saturated rings. The van der Waals surface area contributed by atoms with Gasteiger partial charge in [-0.05, 0) is 119 Å². The Morgan fingerprint density at radius 1 is 0.759 bits per heavy atom. The number of methoxy groups -OCH3 is 1. The average molecular weight is 1060 g/mol. The average Bonchev–Trinajstić information content (AvgIpc) is 2.18. The molecule has 0 bridgehead atoms. The smallest absolute Gasteiger partial charge is 0.421 e. The van der Waals surface area contributed by atoms with Crippen LogP contribution in [0.3, 0.4) is 0 Å². The molecule has 17 heteroatoms. The first-order valence-electron chi connectivity index (χ1n) is 25.8. The van der Waals surface area contributed by atoms with Crippen LogP contribution in [-0.2, 0) is 40.6 Å². The normalized spacial score (nSPS) is 21.3. The van der Waals surface area contributed by atoms with Crippen molar-refractivity contribution in [2.45, 2.75) is 36.3 Å². The highest BCUT2D eigenvalue weighted by Crippen LogP contribution is 2.66. The fourth-order valence-corrected chi connectivity index (χ4v) is 11.4. The SMILES string of the molecule is COc1ccc(C#Cc2ccc3c(c2)C2(C(=O)N3C(=O)OCc3ccc([N+](=O)[O-])cc3)C(C(=O)Nc3ccc(N4CCOCC4)cc3)C3C(=O)OC(c4ccccc4)C(c4ccccc4)N3C2c2ccc(OCCO)cc2)cc1. The molecule has 0 saturated carbocycles. The van der Waals surface area contributed by atoms with Crippen molar-refractivity contribution in [3.05, 3.63) is 225 Å². The molecule has 11 rings (SSSR count). The lowest BCUT2D eigenvalue weighted by atomic mass is 9.65. The summed E-state index contributed by atoms with van der Waals surface area (Å²) in [4.78, 5) is 79.7. The van der Waals surface area contributed by atoms with Gasteiger partial charge in [0.15, 0.2) is 0 Å². The van der Waals surface area contributed by atoms with Crippen LogP contribution in [0, 0.1) is 27.9 Å². The van der Waals surface area contributed by atoms with E-state index in [2.05, 4.69) is 22.1 Å². The molecule has 1 spiro atoms. The summed E-state index contributed by atoms with van der Waals surface area (Å²) in [5.74, 6) is 3.50. The van der Waals surface area contributed by atoms with Crippen molar-refractivity contribution in [1.82, 2.24) is 4.90 Å². The Morgan fingerprint density at radius 2 is 1.41 bits per heavy atom. The molecule has 4 aliphatic rings. The van der Waals surface area contributed by atoms with Gasteiger partial charge in [0.05, 0.1) is 55.5 Å². The van der Waals surface area contributed by atoms with Gasteiger partial charge in [0.25, 0.3) is 5.69 Å². The maximum Gasteiger partial charge on any atom is 0.421 e. The summed E-state index contributed by atoms with van der Waals surface area (Å²) < 4.78 is 29.4. The first-order valence-corrected chi connectivity index (χ1v) is 25.8. The minimum Gasteiger partial charge on any atom is -0.497 e. The third-order valence-corrected chi connectivity index (χ3v) is 14.9. The highest BCUT2D eigenvalue weighted by atomic mass is 16.6. The first kappa shape index (κ1) is 51.8. The number of nitro groups is 1. The third kappa shape index (κ3) is 9.89. The second-order valence-electron chi connectivity index (χ2n) is 19.4. The lowest BCUT2D eigenvalue weighted by Gasteiger charge is -2.46. The Hall–Kier alpha value is -9.34. The molecule has 7 aromatic carbocycles. The summed E-state index contributed by atoms with van der Waals surface area (Å²) >= 11 is 0. The highest BCUT2D eigenvalue weighted by molar-refractivity contribution is 6.24. The molecule has 7 aromatic rings. The number of hydrogen-bond acceptors (Lipinski definition) is 14. The van der Waals surface area contributed by atoms with Crippen molar-refractivity contribution < 1.29 is 52.9 Å². The number of carbonyl (C=O) groups is 4. The van der Waals surface area contributed by atoms with Crippen molar-refractivity contribution in [2.75, 3.05) is 61.7 Å². The van der Waals surface area contributed by atoms with E-state index in [4.69, 9.17) is 23.7 Å². The predicted molar refractivity (Wildman–Crippen MR) is 291 cm³/mol. The minimum absolute atomic E-state index is 0.000402. The highest BCUT2D eigenvalue weighted by Gasteiger charge is 2.76. The fourth-order valence-electron chi connectivity index (χ4n) is 11.4. The third-order valence-electron chi connectivity index (χ3n) is 14.9. The molecule has 6 unspecified atom stereocenters. The minimum atomic E-state index is -2.16. The van der Waals surface area contributed by atoms with Crippen LogP contribution >= 0.6 is 0 Å². The molecule has 0 radical (unpaired) electrons. The Bertz CT molecular complexity index is 3460. The molecule has 398 valence electrons. The van der Waals surface area contributed by atoms with Gasteiger partial charge in [0.2, 0.25) is 11.8 Å². The number of non-ortho nitro benzene ring substituents is 1. The van der Waals surface area contributed by atoms with Crippen molar-refractivity contribution in [1.29, 1.82) is 0 Å². The van der Waals surface area contributed by atoms with E-state index in [0.717, 1.165) is 10.6 Å². The molecule has 3 saturated heterocycles. The zero-order valence-corrected chi connectivity index (χ0v) is 42.8. The summed E-state index contributed by atoms with van der Waals surface area (Å²) in [6.45, 7) is 1.86. The summed E-state index contributed by atoms with van der Waals surface area (Å²) in [5, 5.41) is 24.3. The number of cyclic esters (lactones) is 1. The number of fused-ring (bicyclic) bond motifs is 3. The van der Waals surface area contributed by atoms with E-state index >= 15 is 19.2 Å². The van der Waals surface area contributed by atoms with Crippen LogP contribution in [0.2, 0.25) is 0 Å². The predicted octanol–water partition coefficient (Wildman–Crippen LogP) is 8.85. The largest absolute Gasteiger partial charge is 0.497 e. The van der Waals surface area contributed by atoms with E-state index in [9.17, 15) is 15.2 Å². The van der Waals surface area contributed by atoms with Crippen LogP contribution in [0.4, 0.5) is 27.5 Å². The topological polar surface area (TPSA) is 200 Å². The van der Waals surface area contributed by atoms with Gasteiger partial charge in [0.1, 0.15) is 42.3 Å². The lowest BCUT2D eigenvalue weighted by molar-refractivity contribution is -0.384. The fraction of sp³-hybridized carbons (Fsp3) is 0.226. The lowest BCUT2D eigenvalue weighted by Crippen LogP contribution is -2.54. The quantitative estimate of drug-likeness (QED) is 0.0480. The second-order valence-corrected chi connectivity index (χ2v) is 19.4. The second kappa shape index (κ2) is 22.3. The molecule has 17 nitrogen and oxygen atoms in total. The number of nitrogens with zero attached hydrogens (tertiary/aromatic N) is 4. The number of carbonyl (C=O) groups excluding carboxylic acids is 4. The Labute approximate surface area is 455 Å². The monoisotopic (exact) mass is 1060 g/mol. The van der Waals surface area contributed by atoms with E-state index in [1.165, 1.54) is 24.3 Å². The summed E-state index contributed by atoms with van der Waals surface area (Å²) in [7, 11) is 1.57. The van der Waals surface area contributed by atoms with E-state index in [1.54, 1.807) is 86.0 Å². The number of aliphatic hydroxyl groups excluding tert-OH is 1. The molecule has 3 amide bonds. The van der Waals surface area contributed by atoms with Crippen molar-refractivity contribution in [2.24, 2.45) is 5.92 Å². The molecule has 0 aliphatic carbocycles. The van der Waals surface area contributed by atoms with Gasteiger partial charge in [0, 0.05) is 47.7 Å². The number of morpholine rings is 2. The van der Waals surface area contributed by atoms with E-state index < -0.39 is 64.4 Å². The van der Waals surface area contributed by atoms with Gasteiger partial charge in [-0.3, -0.25) is 29.4 Å². The van der Waals surface area contributed by atoms with Crippen molar-refractivity contribution in [3.63, 3.8) is 0 Å². The maximum atomic E-state index is 16.8. The number of esters is 1. The zero-order chi connectivity index (χ0) is 54.6. The molecule has 2 N–H and O–H groups in total. The number of rotatable bonds is 13. The Morgan fingerprint density at radius 3 is 2.06 bits per heavy atom. The number of aliphatic hydroxyl groups is 1. The van der Waals surface area contributed by atoms with E-state index in [1.807, 2.05) is 77.7 Å². The molecule has 6 atom stereocenters. The molecular weight excluding hydrogens is 1010 g/mol. The number of ether oxygens (including phenoxy) is 5. The molecule has 79 heavy (non-hydrogen) atoms. The van der Waals surface area contributed by atoms with Gasteiger partial charge >= 0.3 is 12.1 Å². The zero-order valence-electron chi connectivity index (χ0n) is 42.8. The summed E-state index contributed by atoms with van der Waals surface area (Å²) in [5.41, 5.74) is 2.58. The van der Waals surface area contributed by atoms with Crippen molar-refractivity contribution in [3.8, 4) is 23.3 Å². The standard InChI is InChI=1S/C62H53N5O12/c1-75-49-27-16-40(17-28-49)12-13-41-18-31-52-51(38-41)62(60(71)65(52)61(72)78-39-42-14-23-48(24-15-42)67(73)74)53(58(69)63-46-21-25-47(26-22-46)64-32-35-76-36-33-64)55-59(70)79-56(44-10-6-3-7-11-44)54(43-8-4-2-5-9-43)66(55)57(62)45-19-29-50(30-20-45)77-37-34-68/h2-11,14-31,38,53-57,68H,32-37,39H2,1H3,(H,63,69). The number of amides is 3. The molecule has 0 aromatic heterocycles. The van der Waals surface area contributed by atoms with Crippen molar-refractivity contribution >= 4 is 46.6 Å². The number of nitro benzene ring substituents is 1.